The number of nitrogens with zero attached hydrogens (tertiary/aromatic N) is 4. The highest BCUT2D eigenvalue weighted by Gasteiger charge is 1.91. The first-order valence-corrected chi connectivity index (χ1v) is 3.95. The molecule has 0 atom stereocenters. The van der Waals surface area contributed by atoms with Crippen LogP contribution in [0.2, 0.25) is 0 Å². The highest BCUT2D eigenvalue weighted by Crippen LogP contribution is 1.99. The Bertz CT molecular complexity index is 367. The zero-order valence-corrected chi connectivity index (χ0v) is 8.01. The molecule has 14 heavy (non-hydrogen) atoms. The van der Waals surface area contributed by atoms with Gasteiger partial charge in [0, 0.05) is 14.1 Å². The summed E-state index contributed by atoms with van der Waals surface area (Å²) in [5.41, 5.74) is 1.59. The summed E-state index contributed by atoms with van der Waals surface area (Å²) in [6.07, 6.45) is 5.51. The van der Waals surface area contributed by atoms with Crippen LogP contribution < -0.4 is 0 Å². The second-order valence-electron chi connectivity index (χ2n) is 2.73. The van der Waals surface area contributed by atoms with Crippen molar-refractivity contribution in [2.75, 3.05) is 14.1 Å². The highest BCUT2D eigenvalue weighted by atomic mass is 16.1. The summed E-state index contributed by atoms with van der Waals surface area (Å²) in [4.78, 5) is 25.4. The third kappa shape index (κ3) is 2.81. The topological polar surface area (TPSA) is 74.8 Å². The molecule has 1 amide bonds. The number of nitrogens with one attached hydrogen (secondary N) is 1. The number of rotatable bonds is 1. The molecule has 0 aliphatic heterocycles. The van der Waals surface area contributed by atoms with Gasteiger partial charge in [-0.25, -0.2) is 15.0 Å². The van der Waals surface area contributed by atoms with Gasteiger partial charge in [0.15, 0.2) is 5.65 Å². The molecule has 2 aromatic heterocycles. The average Bonchev–Trinajstić information content (AvgIpc) is 2.66. The average molecular weight is 193 g/mol. The number of imidazole rings is 1. The minimum atomic E-state index is 0.713. The van der Waals surface area contributed by atoms with Crippen LogP contribution in [0.25, 0.3) is 11.2 Å². The van der Waals surface area contributed by atoms with Crippen LogP contribution in [0.1, 0.15) is 0 Å². The van der Waals surface area contributed by atoms with Crippen LogP contribution in [0.4, 0.5) is 0 Å². The second-order valence-corrected chi connectivity index (χ2v) is 2.73. The van der Waals surface area contributed by atoms with Gasteiger partial charge in [0.2, 0.25) is 6.41 Å². The van der Waals surface area contributed by atoms with Crippen molar-refractivity contribution in [1.29, 1.82) is 0 Å². The molecule has 0 saturated carbocycles. The number of fused-ring (bicyclic) bond motifs is 1. The predicted molar refractivity (Wildman–Crippen MR) is 51.4 cm³/mol. The Morgan fingerprint density at radius 2 is 2.14 bits per heavy atom. The van der Waals surface area contributed by atoms with E-state index >= 15 is 0 Å². The van der Waals surface area contributed by atoms with Crippen molar-refractivity contribution in [1.82, 2.24) is 24.8 Å². The smallest absolute Gasteiger partial charge is 0.209 e. The van der Waals surface area contributed by atoms with E-state index in [0.717, 1.165) is 11.9 Å². The molecule has 2 aromatic rings. The normalized spacial score (nSPS) is 9.00. The summed E-state index contributed by atoms with van der Waals surface area (Å²) < 4.78 is 0. The first-order chi connectivity index (χ1) is 6.74. The minimum Gasteiger partial charge on any atom is -0.351 e. The number of aromatic nitrogens is 4. The molecule has 74 valence electrons. The van der Waals surface area contributed by atoms with Crippen molar-refractivity contribution in [3.63, 3.8) is 0 Å². The number of aromatic amines is 1. The van der Waals surface area contributed by atoms with Gasteiger partial charge < -0.3 is 9.88 Å². The van der Waals surface area contributed by atoms with Crippen LogP contribution in [-0.2, 0) is 4.79 Å². The molecule has 0 fully saturated rings. The fourth-order valence-corrected chi connectivity index (χ4v) is 0.691. The molecule has 0 spiro atoms. The van der Waals surface area contributed by atoms with E-state index in [2.05, 4.69) is 19.9 Å². The molecule has 0 aliphatic carbocycles. The molecule has 6 nitrogen and oxygen atoms in total. The van der Waals surface area contributed by atoms with E-state index in [1.165, 1.54) is 11.2 Å². The molecule has 0 radical (unpaired) electrons. The molecule has 0 bridgehead atoms. The Morgan fingerprint density at radius 1 is 1.43 bits per heavy atom. The van der Waals surface area contributed by atoms with E-state index in [9.17, 15) is 4.79 Å². The molecule has 1 N–H and O–H groups in total. The molecule has 0 unspecified atom stereocenters. The number of hydrogen-bond donors (Lipinski definition) is 1. The monoisotopic (exact) mass is 193 g/mol. The predicted octanol–water partition coefficient (Wildman–Crippen LogP) is 0.0573. The number of carbonyl (C=O) groups is 1. The second kappa shape index (κ2) is 4.90. The van der Waals surface area contributed by atoms with Crippen molar-refractivity contribution >= 4 is 17.6 Å². The lowest BCUT2D eigenvalue weighted by Gasteiger charge is -1.93. The Morgan fingerprint density at radius 3 is 2.71 bits per heavy atom. The number of H-pyrrole nitrogens is 1. The van der Waals surface area contributed by atoms with Gasteiger partial charge in [0.05, 0.1) is 12.5 Å². The number of amides is 1. The fraction of sp³-hybridized carbons (Fsp3) is 0.250. The Labute approximate surface area is 81.0 Å². The highest BCUT2D eigenvalue weighted by molar-refractivity contribution is 5.67. The number of carbonyl (C=O) groups excluding carboxylic acids is 1. The SMILES string of the molecule is CN(C)C=O.c1ncc2[nH]cnc2n1. The summed E-state index contributed by atoms with van der Waals surface area (Å²) in [7, 11) is 3.38. The lowest BCUT2D eigenvalue weighted by Crippen LogP contribution is -2.06. The molecule has 0 saturated heterocycles. The molecule has 2 heterocycles. The molecule has 0 aromatic carbocycles. The maximum absolute atomic E-state index is 9.43. The molecular formula is C8H11N5O. The van der Waals surface area contributed by atoms with Crippen LogP contribution in [0.5, 0.6) is 0 Å². The van der Waals surface area contributed by atoms with Crippen LogP contribution in [-0.4, -0.2) is 45.3 Å². The zero-order valence-electron chi connectivity index (χ0n) is 8.01. The third-order valence-electron chi connectivity index (χ3n) is 1.31. The van der Waals surface area contributed by atoms with Gasteiger partial charge in [0.25, 0.3) is 0 Å². The van der Waals surface area contributed by atoms with Gasteiger partial charge in [-0.15, -0.1) is 0 Å². The molecule has 2 rings (SSSR count). The molecular weight excluding hydrogens is 182 g/mol. The maximum Gasteiger partial charge on any atom is 0.209 e. The van der Waals surface area contributed by atoms with E-state index in [1.54, 1.807) is 26.6 Å². The van der Waals surface area contributed by atoms with Crippen molar-refractivity contribution in [3.05, 3.63) is 18.9 Å². The van der Waals surface area contributed by atoms with Gasteiger partial charge in [-0.1, -0.05) is 0 Å². The summed E-state index contributed by atoms with van der Waals surface area (Å²) in [5, 5.41) is 0. The number of hydrogen-bond acceptors (Lipinski definition) is 4. The standard InChI is InChI=1S/C5H4N4.C3H7NO/c1-4-5(8-2-6-1)9-3-7-4;1-4(2)3-5/h1-3H,(H,6,7,8,9);3H,1-2H3. The quantitative estimate of drug-likeness (QED) is 0.650. The van der Waals surface area contributed by atoms with Crippen molar-refractivity contribution in [3.8, 4) is 0 Å². The van der Waals surface area contributed by atoms with Crippen molar-refractivity contribution in [2.24, 2.45) is 0 Å². The van der Waals surface area contributed by atoms with Crippen molar-refractivity contribution < 1.29 is 4.79 Å². The molecule has 6 heteroatoms. The van der Waals surface area contributed by atoms with E-state index in [0.29, 0.717) is 5.65 Å². The summed E-state index contributed by atoms with van der Waals surface area (Å²) in [6, 6.07) is 0. The van der Waals surface area contributed by atoms with Crippen LogP contribution in [0, 0.1) is 0 Å². The van der Waals surface area contributed by atoms with Crippen LogP contribution in [0.15, 0.2) is 18.9 Å². The summed E-state index contributed by atoms with van der Waals surface area (Å²) >= 11 is 0. The van der Waals surface area contributed by atoms with Crippen LogP contribution in [0.3, 0.4) is 0 Å². The first-order valence-electron chi connectivity index (χ1n) is 3.95. The maximum atomic E-state index is 9.43. The van der Waals surface area contributed by atoms with E-state index in [4.69, 9.17) is 0 Å². The van der Waals surface area contributed by atoms with E-state index in [-0.39, 0.29) is 0 Å². The Hall–Kier alpha value is -1.98. The summed E-state index contributed by atoms with van der Waals surface area (Å²) in [6.45, 7) is 0. The summed E-state index contributed by atoms with van der Waals surface area (Å²) in [5.74, 6) is 0. The zero-order chi connectivity index (χ0) is 10.4. The Kier molecular flexibility index (Phi) is 3.54. The minimum absolute atomic E-state index is 0.713. The molecule has 0 aliphatic rings. The largest absolute Gasteiger partial charge is 0.351 e. The van der Waals surface area contributed by atoms with Crippen molar-refractivity contribution in [2.45, 2.75) is 0 Å². The first kappa shape index (κ1) is 10.1. The van der Waals surface area contributed by atoms with Gasteiger partial charge in [-0.05, 0) is 0 Å². The lowest BCUT2D eigenvalue weighted by molar-refractivity contribution is -0.115. The Balaban J connectivity index is 0.000000171. The van der Waals surface area contributed by atoms with E-state index < -0.39 is 0 Å². The van der Waals surface area contributed by atoms with Gasteiger partial charge >= 0.3 is 0 Å². The fourth-order valence-electron chi connectivity index (χ4n) is 0.691. The van der Waals surface area contributed by atoms with Gasteiger partial charge in [0.1, 0.15) is 11.8 Å². The third-order valence-corrected chi connectivity index (χ3v) is 1.31. The van der Waals surface area contributed by atoms with Gasteiger partial charge in [-0.3, -0.25) is 4.79 Å². The van der Waals surface area contributed by atoms with Crippen LogP contribution >= 0.6 is 0 Å². The van der Waals surface area contributed by atoms with E-state index in [1.807, 2.05) is 0 Å². The van der Waals surface area contributed by atoms with Gasteiger partial charge in [-0.2, -0.15) is 0 Å². The lowest BCUT2D eigenvalue weighted by atomic mass is 10.6.